The fraction of sp³-hybridized carbons (Fsp3) is 0.907. The van der Waals surface area contributed by atoms with Gasteiger partial charge in [0.1, 0.15) is 226 Å². The second-order valence-electron chi connectivity index (χ2n) is 33.7. The van der Waals surface area contributed by atoms with E-state index >= 15 is 0 Å². The van der Waals surface area contributed by atoms with Gasteiger partial charge in [-0.05, 0) is 6.92 Å². The molecule has 50 atom stereocenters. The molecule has 0 saturated carbocycles. The Bertz CT molecular complexity index is 3740. The lowest BCUT2D eigenvalue weighted by atomic mass is 9.88. The summed E-state index contributed by atoms with van der Waals surface area (Å²) in [6.07, 6.45) is -95.1. The molecule has 9 unspecified atom stereocenters. The smallest absolute Gasteiger partial charge is 0.364 e. The first kappa shape index (κ1) is 112. The highest BCUT2D eigenvalue weighted by Crippen LogP contribution is 2.42. The number of hydrogen-bond donors (Lipinski definition) is 34. The van der Waals surface area contributed by atoms with E-state index in [2.05, 4.69) is 31.9 Å². The summed E-state index contributed by atoms with van der Waals surface area (Å²) in [5.41, 5.74) is 0. The molecule has 59 heteroatoms. The number of carbonyl (C=O) groups is 7. The number of nitrogens with one attached hydrogen (secondary N) is 6. The molecule has 134 heavy (non-hydrogen) atoms. The quantitative estimate of drug-likeness (QED) is 0.0271. The summed E-state index contributed by atoms with van der Waals surface area (Å²) >= 11 is 0. The first-order valence-electron chi connectivity index (χ1n) is 42.5. The number of aliphatic hydroxyl groups excluding tert-OH is 27. The molecule has 9 rings (SSSR count). The monoisotopic (exact) mass is 1960 g/mol. The lowest BCUT2D eigenvalue weighted by molar-refractivity contribution is -0.398. The Hall–Kier alpha value is -5.51. The van der Waals surface area contributed by atoms with Crippen LogP contribution in [0.15, 0.2) is 0 Å². The van der Waals surface area contributed by atoms with Gasteiger partial charge >= 0.3 is 5.97 Å². The number of aliphatic carboxylic acids is 1. The Morgan fingerprint density at radius 3 is 1.22 bits per heavy atom. The van der Waals surface area contributed by atoms with Gasteiger partial charge in [0.15, 0.2) is 50.3 Å². The number of amides is 6. The van der Waals surface area contributed by atoms with Gasteiger partial charge in [0.2, 0.25) is 35.4 Å². The Morgan fingerprint density at radius 1 is 0.358 bits per heavy atom. The zero-order valence-corrected chi connectivity index (χ0v) is 72.8. The van der Waals surface area contributed by atoms with Crippen molar-refractivity contribution in [3.05, 3.63) is 0 Å². The van der Waals surface area contributed by atoms with Crippen LogP contribution in [0.3, 0.4) is 0 Å². The third kappa shape index (κ3) is 25.9. The number of carboxylic acids is 1. The molecule has 0 aromatic rings. The molecule has 0 aromatic carbocycles. The number of ether oxygens (including phenoxy) is 18. The number of carboxylic acid groups (broad SMARTS) is 1. The fourth-order valence-corrected chi connectivity index (χ4v) is 16.9. The van der Waals surface area contributed by atoms with E-state index in [1.165, 1.54) is 6.92 Å². The number of rotatable bonds is 40. The van der Waals surface area contributed by atoms with Crippen molar-refractivity contribution < 1.29 is 262 Å². The normalized spacial score (nSPS) is 44.2. The molecule has 0 aromatic heterocycles. The van der Waals surface area contributed by atoms with E-state index in [4.69, 9.17) is 85.3 Å². The van der Waals surface area contributed by atoms with Gasteiger partial charge in [-0.15, -0.1) is 0 Å². The van der Waals surface area contributed by atoms with Crippen molar-refractivity contribution >= 4 is 41.4 Å². The van der Waals surface area contributed by atoms with E-state index in [-0.39, 0.29) is 0 Å². The molecule has 774 valence electrons. The molecule has 34 N–H and O–H groups in total. The van der Waals surface area contributed by atoms with E-state index in [1.807, 2.05) is 0 Å². The maximum Gasteiger partial charge on any atom is 0.364 e. The Kier molecular flexibility index (Phi) is 41.2. The zero-order chi connectivity index (χ0) is 99.6. The standard InChI is InChI=1S/C75H126N6O53/c1-19-42(99)53(110)56(113)70(119-19)117-17-29(98)58(43(100)26(9-82)76-20(2)90)127-67-39(79-23(5)93)51(108)60(34(15-88)123-67)129-71-57(114)63(48(105)36(126-71)18-118-72-64(54(111)46(103)31(12-85)121-72)131-66-38(78-22(4)92)49(106)45(102)30(11-84)120-66)130-73-65(55(112)47(104)32(13-86)122-73)132-69-40(80-24(6)94)50(107)59(33(14-87)124-69)128-68-41(81-25(7)95)52(109)61(35(16-89)125-68)133-75(74(115)116)8-27(96)37(77-21(3)91)62(134-75)44(101)28(97)10-83/h19,26-73,82-89,96-114H,8-18H2,1-7H3,(H,76,90)(H,77,91)(H,78,92)(H,79,93)(H,80,94)(H,81,95)(H,115,116)/t19-,26-,27-,28+,29+,30+,31+,32+,33+,34+,35+,36+,37+,38+,39+,40+,41+,42+,43+,44+,45+,46+,47+,48+,49+,50+,51+,52+,53+,54-,55-,56-,57-,58+,59+,60+,61-,62+,63-,64-,65-,66?,67?,68?,69?,70?,71?,72?,73?,75?/m0/s1. The van der Waals surface area contributed by atoms with Crippen LogP contribution in [0.25, 0.3) is 0 Å². The fourth-order valence-electron chi connectivity index (χ4n) is 16.9. The highest BCUT2D eigenvalue weighted by Gasteiger charge is 2.64. The average molecular weight is 1960 g/mol. The largest absolute Gasteiger partial charge is 0.477 e. The summed E-state index contributed by atoms with van der Waals surface area (Å²) in [6.45, 7) is -5.24. The van der Waals surface area contributed by atoms with Gasteiger partial charge in [-0.1, -0.05) is 0 Å². The molecule has 9 aliphatic rings. The minimum absolute atomic E-state index is 0.860. The van der Waals surface area contributed by atoms with E-state index in [0.717, 1.165) is 41.5 Å². The summed E-state index contributed by atoms with van der Waals surface area (Å²) in [5.74, 6) is -11.2. The first-order valence-corrected chi connectivity index (χ1v) is 42.5. The van der Waals surface area contributed by atoms with E-state index in [1.54, 1.807) is 0 Å². The molecular formula is C75H126N6O53. The Balaban J connectivity index is 1.06. The van der Waals surface area contributed by atoms with Crippen molar-refractivity contribution in [1.29, 1.82) is 0 Å². The third-order valence-electron chi connectivity index (χ3n) is 23.8. The predicted octanol–water partition coefficient (Wildman–Crippen LogP) is -22.1. The zero-order valence-electron chi connectivity index (χ0n) is 72.8. The predicted molar refractivity (Wildman–Crippen MR) is 417 cm³/mol. The van der Waals surface area contributed by atoms with Gasteiger partial charge in [-0.3, -0.25) is 28.8 Å². The van der Waals surface area contributed by atoms with Crippen molar-refractivity contribution in [2.24, 2.45) is 0 Å². The van der Waals surface area contributed by atoms with Crippen molar-refractivity contribution in [3.63, 3.8) is 0 Å². The van der Waals surface area contributed by atoms with E-state index in [9.17, 15) is 177 Å². The molecule has 0 bridgehead atoms. The molecule has 9 saturated heterocycles. The van der Waals surface area contributed by atoms with Crippen LogP contribution in [-0.4, -0.2) is 556 Å². The van der Waals surface area contributed by atoms with Crippen molar-refractivity contribution in [2.45, 2.75) is 361 Å². The van der Waals surface area contributed by atoms with Crippen LogP contribution in [-0.2, 0) is 119 Å². The second-order valence-corrected chi connectivity index (χ2v) is 33.7. The van der Waals surface area contributed by atoms with Crippen molar-refractivity contribution in [1.82, 2.24) is 31.9 Å². The third-order valence-corrected chi connectivity index (χ3v) is 23.8. The maximum absolute atomic E-state index is 13.3. The maximum atomic E-state index is 13.3. The molecule has 9 aliphatic heterocycles. The molecule has 59 nitrogen and oxygen atoms in total. The lowest BCUT2D eigenvalue weighted by Gasteiger charge is -2.52. The molecule has 0 spiro atoms. The Labute approximate surface area is 759 Å². The van der Waals surface area contributed by atoms with E-state index in [0.29, 0.717) is 0 Å². The van der Waals surface area contributed by atoms with Crippen LogP contribution >= 0.6 is 0 Å². The average Bonchev–Trinajstić information content (AvgIpc) is 0.734. The summed E-state index contributed by atoms with van der Waals surface area (Å²) in [4.78, 5) is 90.3. The van der Waals surface area contributed by atoms with Gasteiger partial charge in [-0.25, -0.2) is 4.79 Å². The van der Waals surface area contributed by atoms with Gasteiger partial charge < -0.3 is 260 Å². The first-order chi connectivity index (χ1) is 63.1. The molecule has 9 fully saturated rings. The molecule has 0 aliphatic carbocycles. The molecule has 6 amide bonds. The second kappa shape index (κ2) is 49.3. The van der Waals surface area contributed by atoms with Crippen LogP contribution in [0.5, 0.6) is 0 Å². The summed E-state index contributed by atoms with van der Waals surface area (Å²) in [5, 5.41) is 329. The topological polar surface area (TPSA) is 924 Å². The molecule has 9 heterocycles. The van der Waals surface area contributed by atoms with Gasteiger partial charge in [0.05, 0.1) is 90.4 Å². The SMILES string of the molecule is CC(=O)N[C@H]1[C@H]([C@H](O)[C@H](O)CO)OC(O[C@@H]2[C@H](O)[C@@H](NC(C)=O)C(O[C@H]3[C@H](O)[C@@H](NC(C)=O)C(O[C@@H]4C(O[C@H]5[C@H](O)[C@@H](COC6O[C@H](CO)[C@@H](O)[C@H](O)[C@@H]6OC6O[C@H](CO)[C@@H](O)[C@H](O)[C@H]6NC(C)=O)OC(O[C@H]6[C@H](O)[C@@H](NC(C)=O)C(O[C@@H]([C@H](O)[C@H](CO)NC(C)=O)[C@H](O)COC7O[C@@H](C)[C@@H](O)[C@@H](O)[C@@H]7O)O[C@@H]6CO)[C@H]5O)O[C@H](CO)[C@@H](O)[C@@H]4O)O[C@@H]3CO)O[C@@H]2CO)(C(=O)O)C[C@@H]1O. The van der Waals surface area contributed by atoms with Crippen LogP contribution in [0.4, 0.5) is 0 Å². The highest BCUT2D eigenvalue weighted by molar-refractivity contribution is 5.77. The van der Waals surface area contributed by atoms with Gasteiger partial charge in [0.25, 0.3) is 5.79 Å². The lowest BCUT2D eigenvalue weighted by Crippen LogP contribution is -2.72. The van der Waals surface area contributed by atoms with Gasteiger partial charge in [-0.2, -0.15) is 0 Å². The number of hydrogen-bond acceptors (Lipinski definition) is 52. The minimum Gasteiger partial charge on any atom is -0.477 e. The molecular weight excluding hydrogens is 1830 g/mol. The van der Waals surface area contributed by atoms with Crippen molar-refractivity contribution in [2.75, 3.05) is 66.1 Å². The Morgan fingerprint density at radius 2 is 0.754 bits per heavy atom. The van der Waals surface area contributed by atoms with Crippen LogP contribution in [0.2, 0.25) is 0 Å². The van der Waals surface area contributed by atoms with E-state index < -0.39 is 420 Å². The van der Waals surface area contributed by atoms with Gasteiger partial charge in [0, 0.05) is 48.0 Å². The summed E-state index contributed by atoms with van der Waals surface area (Å²) < 4.78 is 108. The number of carbonyl (C=O) groups excluding carboxylic acids is 6. The van der Waals surface area contributed by atoms with Crippen LogP contribution in [0, 0.1) is 0 Å². The molecule has 0 radical (unpaired) electrons. The minimum atomic E-state index is -3.27. The summed E-state index contributed by atoms with van der Waals surface area (Å²) in [6, 6.07) is -11.6. The highest BCUT2D eigenvalue weighted by atomic mass is 16.8. The summed E-state index contributed by atoms with van der Waals surface area (Å²) in [7, 11) is 0. The van der Waals surface area contributed by atoms with Crippen LogP contribution in [0.1, 0.15) is 54.9 Å². The van der Waals surface area contributed by atoms with Crippen LogP contribution < -0.4 is 31.9 Å². The van der Waals surface area contributed by atoms with Crippen molar-refractivity contribution in [3.8, 4) is 0 Å². The number of aliphatic hydroxyl groups is 27.